The van der Waals surface area contributed by atoms with Crippen LogP contribution in [0.5, 0.6) is 0 Å². The van der Waals surface area contributed by atoms with Crippen LogP contribution < -0.4 is 5.32 Å². The summed E-state index contributed by atoms with van der Waals surface area (Å²) in [6, 6.07) is 14.5. The molecule has 0 bridgehead atoms. The number of carboxylic acid groups (broad SMARTS) is 1. The number of nitrogens with zero attached hydrogens (tertiary/aromatic N) is 1. The zero-order valence-electron chi connectivity index (χ0n) is 18.6. The van der Waals surface area contributed by atoms with Crippen LogP contribution in [0.4, 0.5) is 4.79 Å². The maximum Gasteiger partial charge on any atom is 0.407 e. The van der Waals surface area contributed by atoms with E-state index < -0.39 is 36.0 Å². The highest BCUT2D eigenvalue weighted by atomic mass is 16.5. The van der Waals surface area contributed by atoms with Crippen molar-refractivity contribution in [1.82, 2.24) is 10.2 Å². The van der Waals surface area contributed by atoms with Gasteiger partial charge in [0.25, 0.3) is 0 Å². The summed E-state index contributed by atoms with van der Waals surface area (Å²) < 4.78 is 5.46. The summed E-state index contributed by atoms with van der Waals surface area (Å²) >= 11 is 0. The molecule has 0 radical (unpaired) electrons. The number of rotatable bonds is 6. The number of likely N-dealkylation sites (tertiary alicyclic amines) is 1. The Bertz CT molecular complexity index is 1100. The number of fused-ring (bicyclic) bond motifs is 3. The van der Waals surface area contributed by atoms with Crippen molar-refractivity contribution in [2.75, 3.05) is 19.7 Å². The molecule has 1 aliphatic carbocycles. The number of aliphatic hydroxyl groups is 1. The van der Waals surface area contributed by atoms with Crippen molar-refractivity contribution in [3.63, 3.8) is 0 Å². The molecule has 4 rings (SSSR count). The molecule has 2 amide bonds. The number of hydrogen-bond donors (Lipinski definition) is 3. The van der Waals surface area contributed by atoms with Gasteiger partial charge in [0.05, 0.1) is 6.42 Å². The normalized spacial score (nSPS) is 17.1. The Balaban J connectivity index is 1.41. The summed E-state index contributed by atoms with van der Waals surface area (Å²) in [7, 11) is 0. The smallest absolute Gasteiger partial charge is 0.407 e. The lowest BCUT2D eigenvalue weighted by atomic mass is 9.92. The topological polar surface area (TPSA) is 116 Å². The molecule has 1 fully saturated rings. The van der Waals surface area contributed by atoms with Crippen molar-refractivity contribution in [2.45, 2.75) is 36.8 Å². The quantitative estimate of drug-likeness (QED) is 0.568. The molecule has 1 aliphatic heterocycles. The third kappa shape index (κ3) is 4.75. The molecule has 8 nitrogen and oxygen atoms in total. The summed E-state index contributed by atoms with van der Waals surface area (Å²) in [5, 5.41) is 21.8. The van der Waals surface area contributed by atoms with Gasteiger partial charge in [-0.25, -0.2) is 4.79 Å². The average molecular weight is 463 g/mol. The van der Waals surface area contributed by atoms with Gasteiger partial charge in [-0.05, 0) is 22.3 Å². The number of carbonyl (C=O) groups excluding carboxylic acids is 2. The largest absolute Gasteiger partial charge is 0.481 e. The second-order valence-electron chi connectivity index (χ2n) is 8.62. The molecule has 0 spiro atoms. The van der Waals surface area contributed by atoms with Gasteiger partial charge >= 0.3 is 12.1 Å². The first kappa shape index (κ1) is 23.3. The van der Waals surface area contributed by atoms with Crippen LogP contribution in [-0.4, -0.2) is 64.4 Å². The summed E-state index contributed by atoms with van der Waals surface area (Å²) in [4.78, 5) is 38.3. The molecule has 2 aromatic carbocycles. The first-order valence-corrected chi connectivity index (χ1v) is 11.1. The molecule has 34 heavy (non-hydrogen) atoms. The van der Waals surface area contributed by atoms with Crippen LogP contribution in [0.2, 0.25) is 0 Å². The van der Waals surface area contributed by atoms with Crippen molar-refractivity contribution >= 4 is 18.0 Å². The molecular weight excluding hydrogens is 436 g/mol. The van der Waals surface area contributed by atoms with Gasteiger partial charge in [0.2, 0.25) is 5.91 Å². The number of aliphatic carboxylic acids is 1. The zero-order chi connectivity index (χ0) is 24.3. The van der Waals surface area contributed by atoms with E-state index in [1.165, 1.54) is 4.90 Å². The molecule has 8 heteroatoms. The van der Waals surface area contributed by atoms with Crippen LogP contribution in [0.1, 0.15) is 36.3 Å². The van der Waals surface area contributed by atoms with Gasteiger partial charge in [-0.3, -0.25) is 9.59 Å². The number of terminal acetylenes is 1. The number of benzene rings is 2. The van der Waals surface area contributed by atoms with Crippen LogP contribution >= 0.6 is 0 Å². The third-order valence-electron chi connectivity index (χ3n) is 6.48. The van der Waals surface area contributed by atoms with Crippen molar-refractivity contribution in [2.24, 2.45) is 0 Å². The molecule has 2 aromatic rings. The number of carbonyl (C=O) groups is 3. The number of alkyl carbamates (subject to hydrolysis) is 1. The van der Waals surface area contributed by atoms with E-state index in [0.717, 1.165) is 22.3 Å². The highest BCUT2D eigenvalue weighted by Gasteiger charge is 2.36. The minimum Gasteiger partial charge on any atom is -0.481 e. The third-order valence-corrected chi connectivity index (χ3v) is 6.48. The lowest BCUT2D eigenvalue weighted by Crippen LogP contribution is -2.54. The van der Waals surface area contributed by atoms with Gasteiger partial charge in [-0.1, -0.05) is 54.5 Å². The molecule has 1 heterocycles. The number of ether oxygens (including phenoxy) is 1. The van der Waals surface area contributed by atoms with Crippen LogP contribution in [0.3, 0.4) is 0 Å². The fourth-order valence-corrected chi connectivity index (χ4v) is 4.62. The summed E-state index contributed by atoms with van der Waals surface area (Å²) in [6.07, 6.45) is 4.25. The fraction of sp³-hybridized carbons (Fsp3) is 0.346. The predicted octanol–water partition coefficient (Wildman–Crippen LogP) is 2.36. The average Bonchev–Trinajstić information content (AvgIpc) is 3.16. The van der Waals surface area contributed by atoms with E-state index >= 15 is 0 Å². The number of carboxylic acids is 1. The van der Waals surface area contributed by atoms with Gasteiger partial charge in [0.15, 0.2) is 0 Å². The van der Waals surface area contributed by atoms with Gasteiger partial charge in [-0.2, -0.15) is 0 Å². The number of piperidine rings is 1. The van der Waals surface area contributed by atoms with Crippen molar-refractivity contribution < 1.29 is 29.3 Å². The number of hydrogen-bond acceptors (Lipinski definition) is 5. The first-order valence-electron chi connectivity index (χ1n) is 11.1. The Morgan fingerprint density at radius 3 is 2.18 bits per heavy atom. The molecule has 0 saturated carbocycles. The Kier molecular flexibility index (Phi) is 6.57. The standard InChI is InChI=1S/C26H26N2O6/c1-2-26(33)11-13-28(14-12-26)24(31)22(15-23(29)30)27-25(32)34-16-21-19-9-5-3-7-17(19)18-8-4-6-10-20(18)21/h1,3-10,21-22,33H,11-16H2,(H,27,32)(H,29,30). The summed E-state index contributed by atoms with van der Waals surface area (Å²) in [6.45, 7) is 0.386. The van der Waals surface area contributed by atoms with Crippen LogP contribution in [-0.2, 0) is 14.3 Å². The van der Waals surface area contributed by atoms with E-state index in [4.69, 9.17) is 11.2 Å². The van der Waals surface area contributed by atoms with Crippen LogP contribution in [0.25, 0.3) is 11.1 Å². The maximum absolute atomic E-state index is 12.9. The van der Waals surface area contributed by atoms with E-state index in [1.807, 2.05) is 48.5 Å². The second-order valence-corrected chi connectivity index (χ2v) is 8.62. The van der Waals surface area contributed by atoms with Gasteiger partial charge in [0.1, 0.15) is 18.2 Å². The van der Waals surface area contributed by atoms with Crippen molar-refractivity contribution in [3.8, 4) is 23.5 Å². The summed E-state index contributed by atoms with van der Waals surface area (Å²) in [5.74, 6) is 0.394. The lowest BCUT2D eigenvalue weighted by Gasteiger charge is -2.36. The van der Waals surface area contributed by atoms with E-state index in [0.29, 0.717) is 0 Å². The lowest BCUT2D eigenvalue weighted by molar-refractivity contribution is -0.143. The molecule has 0 aromatic heterocycles. The molecular formula is C26H26N2O6. The molecule has 1 atom stereocenters. The molecule has 1 unspecified atom stereocenters. The number of amides is 2. The Morgan fingerprint density at radius 2 is 1.65 bits per heavy atom. The first-order chi connectivity index (χ1) is 16.3. The van der Waals surface area contributed by atoms with E-state index in [-0.39, 0.29) is 38.5 Å². The Labute approximate surface area is 197 Å². The highest BCUT2D eigenvalue weighted by Crippen LogP contribution is 2.44. The maximum atomic E-state index is 12.9. The molecule has 2 aliphatic rings. The van der Waals surface area contributed by atoms with E-state index in [2.05, 4.69) is 11.2 Å². The van der Waals surface area contributed by atoms with Gasteiger partial charge < -0.3 is 25.2 Å². The molecule has 176 valence electrons. The SMILES string of the molecule is C#CC1(O)CCN(C(=O)C(CC(=O)O)NC(=O)OCC2c3ccccc3-c3ccccc32)CC1. The zero-order valence-corrected chi connectivity index (χ0v) is 18.6. The van der Waals surface area contributed by atoms with E-state index in [1.54, 1.807) is 0 Å². The Morgan fingerprint density at radius 1 is 1.09 bits per heavy atom. The van der Waals surface area contributed by atoms with Gasteiger partial charge in [0, 0.05) is 31.8 Å². The second kappa shape index (κ2) is 9.57. The van der Waals surface area contributed by atoms with Crippen LogP contribution in [0, 0.1) is 12.3 Å². The highest BCUT2D eigenvalue weighted by molar-refractivity contribution is 5.89. The monoisotopic (exact) mass is 462 g/mol. The van der Waals surface area contributed by atoms with E-state index in [9.17, 15) is 24.6 Å². The minimum atomic E-state index is -1.29. The minimum absolute atomic E-state index is 0.0484. The molecule has 3 N–H and O–H groups in total. The summed E-state index contributed by atoms with van der Waals surface area (Å²) in [5.41, 5.74) is 2.98. The fourth-order valence-electron chi connectivity index (χ4n) is 4.62. The van der Waals surface area contributed by atoms with Crippen molar-refractivity contribution in [1.29, 1.82) is 0 Å². The van der Waals surface area contributed by atoms with Gasteiger partial charge in [-0.15, -0.1) is 6.42 Å². The Hall–Kier alpha value is -3.83. The predicted molar refractivity (Wildman–Crippen MR) is 124 cm³/mol. The van der Waals surface area contributed by atoms with Crippen molar-refractivity contribution in [3.05, 3.63) is 59.7 Å². The van der Waals surface area contributed by atoms with Crippen LogP contribution in [0.15, 0.2) is 48.5 Å². The molecule has 1 saturated heterocycles. The number of nitrogens with one attached hydrogen (secondary N) is 1.